The van der Waals surface area contributed by atoms with Gasteiger partial charge in [-0.1, -0.05) is 47.7 Å². The second-order valence-electron chi connectivity index (χ2n) is 6.82. The molecule has 5 nitrogen and oxygen atoms in total. The number of carbonyl (C=O) groups excluding carboxylic acids is 1. The normalized spacial score (nSPS) is 16.6. The van der Waals surface area contributed by atoms with Gasteiger partial charge >= 0.3 is 0 Å². The lowest BCUT2D eigenvalue weighted by Crippen LogP contribution is -2.15. The van der Waals surface area contributed by atoms with Crippen LogP contribution in [0.3, 0.4) is 0 Å². The molecular formula is C21H18N4OS2. The maximum absolute atomic E-state index is 12.5. The number of aryl methyl sites for hydroxylation is 2. The molecule has 1 atom stereocenters. The third kappa shape index (κ3) is 2.82. The van der Waals surface area contributed by atoms with Gasteiger partial charge in [0, 0.05) is 5.56 Å². The molecule has 0 saturated heterocycles. The maximum Gasteiger partial charge on any atom is 0.235 e. The van der Waals surface area contributed by atoms with Gasteiger partial charge < -0.3 is 5.32 Å². The number of rotatable bonds is 2. The van der Waals surface area contributed by atoms with Gasteiger partial charge in [0.1, 0.15) is 5.82 Å². The van der Waals surface area contributed by atoms with Crippen molar-refractivity contribution in [3.05, 3.63) is 70.9 Å². The van der Waals surface area contributed by atoms with Crippen molar-refractivity contribution < 1.29 is 4.79 Å². The molecule has 0 fully saturated rings. The number of carbonyl (C=O) groups is 1. The maximum atomic E-state index is 12.5. The van der Waals surface area contributed by atoms with Crippen LogP contribution in [0.1, 0.15) is 27.6 Å². The van der Waals surface area contributed by atoms with E-state index < -0.39 is 0 Å². The Balaban J connectivity index is 1.71. The molecule has 0 unspecified atom stereocenters. The van der Waals surface area contributed by atoms with Gasteiger partial charge in [-0.15, -0.1) is 11.8 Å². The number of thioether (sulfide) groups is 1. The van der Waals surface area contributed by atoms with E-state index in [9.17, 15) is 4.79 Å². The largest absolute Gasteiger partial charge is 0.310 e. The Bertz CT molecular complexity index is 1180. The molecule has 1 aliphatic heterocycles. The van der Waals surface area contributed by atoms with Crippen molar-refractivity contribution in [3.63, 3.8) is 0 Å². The number of hydrogen-bond acceptors (Lipinski definition) is 5. The van der Waals surface area contributed by atoms with Crippen LogP contribution in [0.4, 0.5) is 5.82 Å². The molecule has 1 N–H and O–H groups in total. The van der Waals surface area contributed by atoms with Gasteiger partial charge in [-0.25, -0.2) is 4.98 Å². The number of aromatic nitrogens is 3. The van der Waals surface area contributed by atoms with Crippen LogP contribution in [0.2, 0.25) is 0 Å². The van der Waals surface area contributed by atoms with Crippen molar-refractivity contribution in [2.75, 3.05) is 11.1 Å². The molecule has 2 aromatic heterocycles. The zero-order valence-corrected chi connectivity index (χ0v) is 17.1. The van der Waals surface area contributed by atoms with Gasteiger partial charge in [0.05, 0.1) is 26.9 Å². The van der Waals surface area contributed by atoms with Gasteiger partial charge in [0.15, 0.2) is 0 Å². The number of hydrogen-bond donors (Lipinski definition) is 1. The van der Waals surface area contributed by atoms with E-state index in [4.69, 9.17) is 10.1 Å². The molecule has 0 radical (unpaired) electrons. The van der Waals surface area contributed by atoms with Crippen LogP contribution < -0.4 is 5.32 Å². The summed E-state index contributed by atoms with van der Waals surface area (Å²) in [4.78, 5) is 17.2. The summed E-state index contributed by atoms with van der Waals surface area (Å²) in [5.74, 6) is 1.14. The summed E-state index contributed by atoms with van der Waals surface area (Å²) in [5, 5.41) is 8.68. The number of nitrogens with one attached hydrogen (secondary N) is 1. The van der Waals surface area contributed by atoms with Crippen LogP contribution in [0, 0.1) is 13.8 Å². The Kier molecular flexibility index (Phi) is 4.21. The van der Waals surface area contributed by atoms with Crippen molar-refractivity contribution in [1.29, 1.82) is 0 Å². The summed E-state index contributed by atoms with van der Waals surface area (Å²) in [6.07, 6.45) is 0. The van der Waals surface area contributed by atoms with E-state index in [-0.39, 0.29) is 11.2 Å². The summed E-state index contributed by atoms with van der Waals surface area (Å²) in [6, 6.07) is 16.4. The number of para-hydroxylation sites is 1. The molecule has 0 aliphatic carbocycles. The molecule has 2 aromatic carbocycles. The first kappa shape index (κ1) is 17.5. The fraction of sp³-hybridized carbons (Fsp3) is 0.190. The molecule has 3 heterocycles. The lowest BCUT2D eigenvalue weighted by molar-refractivity contribution is -0.113. The van der Waals surface area contributed by atoms with Crippen LogP contribution in [-0.4, -0.2) is 26.4 Å². The molecule has 0 saturated carbocycles. The summed E-state index contributed by atoms with van der Waals surface area (Å²) in [5.41, 5.74) is 5.35. The minimum atomic E-state index is -0.00963. The fourth-order valence-corrected chi connectivity index (χ4v) is 5.81. The highest BCUT2D eigenvalue weighted by Gasteiger charge is 2.31. The highest BCUT2D eigenvalue weighted by atomic mass is 32.2. The van der Waals surface area contributed by atoms with Gasteiger partial charge in [-0.2, -0.15) is 9.78 Å². The molecule has 140 valence electrons. The third-order valence-corrected chi connectivity index (χ3v) is 7.21. The number of nitrogens with zero attached hydrogens (tertiary/aromatic N) is 3. The van der Waals surface area contributed by atoms with Crippen LogP contribution >= 0.6 is 23.1 Å². The number of amides is 1. The van der Waals surface area contributed by atoms with Crippen molar-refractivity contribution in [2.24, 2.45) is 0 Å². The molecule has 7 heteroatoms. The van der Waals surface area contributed by atoms with E-state index in [2.05, 4.69) is 36.5 Å². The first-order valence-corrected chi connectivity index (χ1v) is 10.9. The van der Waals surface area contributed by atoms with Crippen LogP contribution in [0.25, 0.3) is 15.3 Å². The Morgan fingerprint density at radius 1 is 1.11 bits per heavy atom. The van der Waals surface area contributed by atoms with E-state index >= 15 is 0 Å². The SMILES string of the molecule is Cc1ccccc1[C@H]1SCC(=O)Nc2c1c(C)nn2-c1nc2ccccc2s1. The Morgan fingerprint density at radius 3 is 2.71 bits per heavy atom. The van der Waals surface area contributed by atoms with E-state index in [1.807, 2.05) is 31.2 Å². The van der Waals surface area contributed by atoms with Crippen molar-refractivity contribution >= 4 is 45.0 Å². The van der Waals surface area contributed by atoms with Crippen molar-refractivity contribution in [3.8, 4) is 5.13 Å². The van der Waals surface area contributed by atoms with E-state index in [0.29, 0.717) is 5.75 Å². The summed E-state index contributed by atoms with van der Waals surface area (Å²) in [7, 11) is 0. The predicted octanol–water partition coefficient (Wildman–Crippen LogP) is 4.87. The smallest absolute Gasteiger partial charge is 0.235 e. The molecule has 1 aliphatic rings. The second kappa shape index (κ2) is 6.76. The quantitative estimate of drug-likeness (QED) is 0.516. The Labute approximate surface area is 170 Å². The standard InChI is InChI=1S/C21H18N4OS2/c1-12-7-3-4-8-14(12)19-18-13(2)24-25(20(18)23-17(26)11-27-19)21-22-15-9-5-6-10-16(15)28-21/h3-10,19H,11H2,1-2H3,(H,23,26)/t19-/m1/s1. The average Bonchev–Trinajstić information content (AvgIpc) is 3.19. The van der Waals surface area contributed by atoms with Crippen molar-refractivity contribution in [2.45, 2.75) is 19.1 Å². The Morgan fingerprint density at radius 2 is 1.89 bits per heavy atom. The van der Waals surface area contributed by atoms with Gasteiger partial charge in [-0.05, 0) is 37.1 Å². The minimum absolute atomic E-state index is 0.00963. The molecule has 1 amide bonds. The highest BCUT2D eigenvalue weighted by molar-refractivity contribution is 8.00. The summed E-state index contributed by atoms with van der Waals surface area (Å²) < 4.78 is 2.90. The van der Waals surface area contributed by atoms with Crippen LogP contribution in [0.15, 0.2) is 48.5 Å². The van der Waals surface area contributed by atoms with Crippen molar-refractivity contribution in [1.82, 2.24) is 14.8 Å². The zero-order valence-electron chi connectivity index (χ0n) is 15.5. The minimum Gasteiger partial charge on any atom is -0.310 e. The van der Waals surface area contributed by atoms with Gasteiger partial charge in [0.25, 0.3) is 0 Å². The summed E-state index contributed by atoms with van der Waals surface area (Å²) in [6.45, 7) is 4.12. The Hall–Kier alpha value is -2.64. The van der Waals surface area contributed by atoms with Crippen LogP contribution in [0.5, 0.6) is 0 Å². The molecule has 0 bridgehead atoms. The fourth-order valence-electron chi connectivity index (χ4n) is 3.60. The first-order valence-electron chi connectivity index (χ1n) is 9.04. The third-order valence-electron chi connectivity index (χ3n) is 4.94. The first-order chi connectivity index (χ1) is 13.6. The summed E-state index contributed by atoms with van der Waals surface area (Å²) >= 11 is 3.22. The topological polar surface area (TPSA) is 59.8 Å². The lowest BCUT2D eigenvalue weighted by Gasteiger charge is -2.17. The number of benzene rings is 2. The molecule has 4 aromatic rings. The number of anilines is 1. The van der Waals surface area contributed by atoms with Crippen LogP contribution in [-0.2, 0) is 4.79 Å². The zero-order chi connectivity index (χ0) is 19.3. The monoisotopic (exact) mass is 406 g/mol. The highest BCUT2D eigenvalue weighted by Crippen LogP contribution is 2.45. The lowest BCUT2D eigenvalue weighted by atomic mass is 10.00. The predicted molar refractivity (Wildman–Crippen MR) is 116 cm³/mol. The van der Waals surface area contributed by atoms with Gasteiger partial charge in [0.2, 0.25) is 11.0 Å². The molecular weight excluding hydrogens is 388 g/mol. The van der Waals surface area contributed by atoms with E-state index in [0.717, 1.165) is 32.4 Å². The molecule has 0 spiro atoms. The molecule has 5 rings (SSSR count). The number of thiazole rings is 1. The number of fused-ring (bicyclic) bond motifs is 2. The molecule has 28 heavy (non-hydrogen) atoms. The van der Waals surface area contributed by atoms with E-state index in [1.165, 1.54) is 11.1 Å². The van der Waals surface area contributed by atoms with E-state index in [1.54, 1.807) is 27.8 Å². The second-order valence-corrected chi connectivity index (χ2v) is 8.92. The average molecular weight is 407 g/mol. The van der Waals surface area contributed by atoms with Gasteiger partial charge in [-0.3, -0.25) is 4.79 Å².